The number of rotatable bonds is 9. The molecule has 0 saturated carbocycles. The smallest absolute Gasteiger partial charge is 0.180 e. The molecule has 12 aromatic carbocycles. The molecule has 3 heteroatoms. The minimum atomic E-state index is -2.78. The molecule has 13 aromatic rings. The van der Waals surface area contributed by atoms with E-state index >= 15 is 0 Å². The van der Waals surface area contributed by atoms with Gasteiger partial charge in [-0.3, -0.25) is 0 Å². The van der Waals surface area contributed by atoms with Gasteiger partial charge in [-0.25, -0.2) is 0 Å². The van der Waals surface area contributed by atoms with Crippen molar-refractivity contribution in [1.29, 1.82) is 0 Å². The maximum absolute atomic E-state index is 2.78. The van der Waals surface area contributed by atoms with E-state index in [9.17, 15) is 0 Å². The first-order valence-corrected chi connectivity index (χ1v) is 28.4. The van der Waals surface area contributed by atoms with Crippen molar-refractivity contribution < 1.29 is 0 Å². The average molecular weight is 983 g/mol. The zero-order valence-electron chi connectivity index (χ0n) is 41.8. The molecule has 0 unspecified atom stereocenters. The second-order valence-corrected chi connectivity index (χ2v) is 24.0. The van der Waals surface area contributed by atoms with Crippen molar-refractivity contribution in [1.82, 2.24) is 4.57 Å². The van der Waals surface area contributed by atoms with Crippen LogP contribution in [0.1, 0.15) is 22.3 Å². The third kappa shape index (κ3) is 6.46. The van der Waals surface area contributed by atoms with Crippen LogP contribution in [0, 0.1) is 0 Å². The fourth-order valence-corrected chi connectivity index (χ4v) is 18.6. The minimum absolute atomic E-state index is 0.440. The lowest BCUT2D eigenvalue weighted by molar-refractivity contribution is 0.768. The van der Waals surface area contributed by atoms with Crippen molar-refractivity contribution in [3.05, 3.63) is 326 Å². The summed E-state index contributed by atoms with van der Waals surface area (Å²) in [4.78, 5) is 2.48. The van der Waals surface area contributed by atoms with Gasteiger partial charge in [-0.1, -0.05) is 243 Å². The van der Waals surface area contributed by atoms with E-state index in [-0.39, 0.29) is 0 Å². The first-order valence-electron chi connectivity index (χ1n) is 26.4. The van der Waals surface area contributed by atoms with Gasteiger partial charge in [0, 0.05) is 33.5 Å². The Morgan fingerprint density at radius 1 is 0.303 bits per heavy atom. The van der Waals surface area contributed by atoms with Crippen LogP contribution in [-0.2, 0) is 5.41 Å². The molecule has 1 aliphatic heterocycles. The van der Waals surface area contributed by atoms with Gasteiger partial charge in [0.15, 0.2) is 8.07 Å². The van der Waals surface area contributed by atoms with Crippen molar-refractivity contribution in [2.45, 2.75) is 5.41 Å². The largest absolute Gasteiger partial charge is 0.310 e. The van der Waals surface area contributed by atoms with Gasteiger partial charge in [-0.05, 0) is 137 Å². The predicted molar refractivity (Wildman–Crippen MR) is 321 cm³/mol. The van der Waals surface area contributed by atoms with Crippen LogP contribution in [0.3, 0.4) is 0 Å². The van der Waals surface area contributed by atoms with Crippen LogP contribution in [-0.4, -0.2) is 12.6 Å². The Balaban J connectivity index is 0.891. The molecule has 0 atom stereocenters. The lowest BCUT2D eigenvalue weighted by atomic mass is 9.67. The van der Waals surface area contributed by atoms with Crippen molar-refractivity contribution in [3.63, 3.8) is 0 Å². The fraction of sp³-hybridized carbons (Fsp3) is 0.0137. The molecular formula is C73H50N2Si. The van der Waals surface area contributed by atoms with Crippen LogP contribution in [0.2, 0.25) is 0 Å². The molecule has 2 nitrogen and oxygen atoms in total. The average Bonchev–Trinajstić information content (AvgIpc) is 4.28. The van der Waals surface area contributed by atoms with E-state index < -0.39 is 13.5 Å². The van der Waals surface area contributed by atoms with Gasteiger partial charge in [0.05, 0.1) is 16.4 Å². The summed E-state index contributed by atoms with van der Waals surface area (Å²) in [6, 6.07) is 113. The molecule has 0 radical (unpaired) electrons. The summed E-state index contributed by atoms with van der Waals surface area (Å²) in [5.74, 6) is 0. The Bertz CT molecular complexity index is 4240. The van der Waals surface area contributed by atoms with Crippen molar-refractivity contribution in [2.75, 3.05) is 4.90 Å². The first kappa shape index (κ1) is 44.0. The van der Waals surface area contributed by atoms with Gasteiger partial charge in [-0.2, -0.15) is 0 Å². The van der Waals surface area contributed by atoms with Crippen LogP contribution >= 0.6 is 0 Å². The van der Waals surface area contributed by atoms with Crippen LogP contribution in [0.5, 0.6) is 0 Å². The molecule has 1 aliphatic carbocycles. The van der Waals surface area contributed by atoms with Crippen molar-refractivity contribution >= 4 is 67.7 Å². The summed E-state index contributed by atoms with van der Waals surface area (Å²) < 4.78 is 2.40. The van der Waals surface area contributed by atoms with Gasteiger partial charge in [0.25, 0.3) is 0 Å². The molecule has 0 N–H and O–H groups in total. The Kier molecular flexibility index (Phi) is 10.2. The Labute approximate surface area is 444 Å². The van der Waals surface area contributed by atoms with Crippen molar-refractivity contribution in [3.8, 4) is 39.1 Å². The number of nitrogens with zero attached hydrogens (tertiary/aromatic N) is 2. The second kappa shape index (κ2) is 17.6. The quantitative estimate of drug-likeness (QED) is 0.131. The minimum Gasteiger partial charge on any atom is -0.310 e. The number of hydrogen-bond donors (Lipinski definition) is 0. The summed E-state index contributed by atoms with van der Waals surface area (Å²) in [5, 5.41) is 8.06. The fourth-order valence-electron chi connectivity index (χ4n) is 13.4. The second-order valence-electron chi connectivity index (χ2n) is 20.3. The number of para-hydroxylation sites is 2. The normalized spacial score (nSPS) is 13.5. The Morgan fingerprint density at radius 2 is 0.776 bits per heavy atom. The maximum Gasteiger partial charge on any atom is 0.180 e. The SMILES string of the molecule is c1ccc(-n2c3ccccc3c3cc(N(c4ccc(-c5ccc(C6(c7ccccc7)c7ccccc7-c7ccccc76)cc5)cc4)c4cccc([Si]5(c6ccccc6)c6ccccc6-c6ccccc65)c4)ccc32)cc1. The molecular weight excluding hydrogens is 933 g/mol. The molecule has 0 spiro atoms. The molecule has 356 valence electrons. The van der Waals surface area contributed by atoms with Crippen LogP contribution in [0.4, 0.5) is 17.1 Å². The molecule has 0 bridgehead atoms. The monoisotopic (exact) mass is 982 g/mol. The van der Waals surface area contributed by atoms with E-state index in [1.165, 1.54) is 98.2 Å². The summed E-state index contributed by atoms with van der Waals surface area (Å²) >= 11 is 0. The summed E-state index contributed by atoms with van der Waals surface area (Å²) in [6.45, 7) is 0. The summed E-state index contributed by atoms with van der Waals surface area (Å²) in [5.41, 5.74) is 19.2. The van der Waals surface area contributed by atoms with Gasteiger partial charge in [0.2, 0.25) is 0 Å². The standard InChI is InChI=1S/C73H50N2Si/c1-4-21-53(22-5-1)73(67-34-15-10-29-61(67)62-30-11-16-35-68(62)73)54-43-39-51(40-44-54)52-41-45-56(46-42-52)74(58-47-48-70-66(50-58)63-31-12-17-36-69(63)75(70)55-23-6-2-7-24-55)57-25-20-28-60(49-57)76(59-26-8-3-9-27-59)71-37-18-13-32-64(71)65-33-14-19-38-72(65)76/h1-50H. The van der Waals surface area contributed by atoms with Crippen LogP contribution < -0.4 is 25.6 Å². The van der Waals surface area contributed by atoms with E-state index in [0.29, 0.717) is 0 Å². The number of benzene rings is 12. The molecule has 0 saturated heterocycles. The summed E-state index contributed by atoms with van der Waals surface area (Å²) in [7, 11) is -2.78. The van der Waals surface area contributed by atoms with Crippen molar-refractivity contribution in [2.24, 2.45) is 0 Å². The number of fused-ring (bicyclic) bond motifs is 9. The highest BCUT2D eigenvalue weighted by Crippen LogP contribution is 2.56. The highest BCUT2D eigenvalue weighted by Gasteiger charge is 2.49. The molecule has 1 aromatic heterocycles. The van der Waals surface area contributed by atoms with E-state index in [2.05, 4.69) is 313 Å². The lowest BCUT2D eigenvalue weighted by Crippen LogP contribution is -2.72. The number of hydrogen-bond acceptors (Lipinski definition) is 1. The number of anilines is 3. The highest BCUT2D eigenvalue weighted by atomic mass is 28.3. The van der Waals surface area contributed by atoms with E-state index in [0.717, 1.165) is 22.7 Å². The molecule has 15 rings (SSSR count). The summed E-state index contributed by atoms with van der Waals surface area (Å²) in [6.07, 6.45) is 0. The van der Waals surface area contributed by atoms with E-state index in [1.54, 1.807) is 0 Å². The van der Waals surface area contributed by atoms with Gasteiger partial charge in [0.1, 0.15) is 0 Å². The van der Waals surface area contributed by atoms with E-state index in [1.807, 2.05) is 0 Å². The topological polar surface area (TPSA) is 8.17 Å². The predicted octanol–water partition coefficient (Wildman–Crippen LogP) is 15.6. The highest BCUT2D eigenvalue weighted by molar-refractivity contribution is 7.22. The molecule has 2 heterocycles. The van der Waals surface area contributed by atoms with Gasteiger partial charge < -0.3 is 9.47 Å². The van der Waals surface area contributed by atoms with Gasteiger partial charge >= 0.3 is 0 Å². The van der Waals surface area contributed by atoms with Crippen LogP contribution in [0.25, 0.3) is 60.9 Å². The maximum atomic E-state index is 2.50. The first-order chi connectivity index (χ1) is 37.7. The number of aromatic nitrogens is 1. The molecule has 0 amide bonds. The third-order valence-corrected chi connectivity index (χ3v) is 21.4. The Hall–Kier alpha value is -9.54. The molecule has 76 heavy (non-hydrogen) atoms. The zero-order chi connectivity index (χ0) is 50.2. The zero-order valence-corrected chi connectivity index (χ0v) is 42.8. The lowest BCUT2D eigenvalue weighted by Gasteiger charge is -2.34. The third-order valence-electron chi connectivity index (χ3n) is 16.6. The molecule has 2 aliphatic rings. The van der Waals surface area contributed by atoms with E-state index in [4.69, 9.17) is 0 Å². The van der Waals surface area contributed by atoms with Gasteiger partial charge in [-0.15, -0.1) is 0 Å². The van der Waals surface area contributed by atoms with Crippen LogP contribution in [0.15, 0.2) is 303 Å². The molecule has 0 fully saturated rings. The Morgan fingerprint density at radius 3 is 1.43 bits per heavy atom.